The van der Waals surface area contributed by atoms with Crippen molar-refractivity contribution in [3.05, 3.63) is 52.3 Å². The first kappa shape index (κ1) is 13.0. The van der Waals surface area contributed by atoms with Crippen LogP contribution in [0.3, 0.4) is 0 Å². The third kappa shape index (κ3) is 3.29. The number of aromatic nitrogens is 2. The molecule has 1 aromatic heterocycles. The molecule has 0 bridgehead atoms. The number of nitro benzene ring substituents is 1. The van der Waals surface area contributed by atoms with Crippen LogP contribution in [-0.4, -0.2) is 26.4 Å². The molecule has 0 aliphatic heterocycles. The molecule has 0 atom stereocenters. The summed E-state index contributed by atoms with van der Waals surface area (Å²) < 4.78 is 7.06. The number of ether oxygens (including phenoxy) is 1. The van der Waals surface area contributed by atoms with Crippen molar-refractivity contribution in [3.8, 4) is 5.75 Å². The third-order valence-corrected chi connectivity index (χ3v) is 2.54. The number of aliphatic hydroxyl groups excluding tert-OH is 1. The Bertz CT molecular complexity index is 554. The van der Waals surface area contributed by atoms with E-state index in [-0.39, 0.29) is 24.7 Å². The number of nitrogens with zero attached hydrogens (tertiary/aromatic N) is 3. The summed E-state index contributed by atoms with van der Waals surface area (Å²) in [5, 5.41) is 23.9. The van der Waals surface area contributed by atoms with Crippen LogP contribution in [0.15, 0.2) is 36.7 Å². The Morgan fingerprint density at radius 3 is 2.95 bits per heavy atom. The summed E-state index contributed by atoms with van der Waals surface area (Å²) in [6.45, 7) is 0.543. The second-order valence-corrected chi connectivity index (χ2v) is 3.83. The van der Waals surface area contributed by atoms with E-state index in [0.29, 0.717) is 12.1 Å². The average Bonchev–Trinajstić information content (AvgIpc) is 2.92. The standard InChI is InChI=1S/C12H13N3O4/c16-9-10-2-3-12(11(8-10)15(17)18)19-7-6-14-5-1-4-13-14/h1-5,8,16H,6-7,9H2. The average molecular weight is 263 g/mol. The summed E-state index contributed by atoms with van der Waals surface area (Å²) in [4.78, 5) is 10.4. The molecule has 0 saturated carbocycles. The van der Waals surface area contributed by atoms with E-state index in [2.05, 4.69) is 5.10 Å². The van der Waals surface area contributed by atoms with Gasteiger partial charge in [0.25, 0.3) is 0 Å². The molecule has 0 unspecified atom stereocenters. The second-order valence-electron chi connectivity index (χ2n) is 3.83. The minimum absolute atomic E-state index is 0.146. The highest BCUT2D eigenvalue weighted by atomic mass is 16.6. The predicted octanol–water partition coefficient (Wildman–Crippen LogP) is 1.36. The van der Waals surface area contributed by atoms with Crippen molar-refractivity contribution in [1.29, 1.82) is 0 Å². The van der Waals surface area contributed by atoms with E-state index >= 15 is 0 Å². The van der Waals surface area contributed by atoms with Gasteiger partial charge in [-0.05, 0) is 17.7 Å². The monoisotopic (exact) mass is 263 g/mol. The van der Waals surface area contributed by atoms with Gasteiger partial charge in [-0.3, -0.25) is 14.8 Å². The van der Waals surface area contributed by atoms with Crippen molar-refractivity contribution in [2.45, 2.75) is 13.2 Å². The van der Waals surface area contributed by atoms with Gasteiger partial charge >= 0.3 is 5.69 Å². The Balaban J connectivity index is 2.04. The zero-order chi connectivity index (χ0) is 13.7. The molecular formula is C12H13N3O4. The molecule has 19 heavy (non-hydrogen) atoms. The van der Waals surface area contributed by atoms with E-state index in [4.69, 9.17) is 9.84 Å². The zero-order valence-corrected chi connectivity index (χ0v) is 10.1. The maximum atomic E-state index is 10.9. The number of hydrogen-bond donors (Lipinski definition) is 1. The van der Waals surface area contributed by atoms with Crippen molar-refractivity contribution >= 4 is 5.69 Å². The van der Waals surface area contributed by atoms with Gasteiger partial charge in [-0.15, -0.1) is 0 Å². The van der Waals surface area contributed by atoms with Crippen LogP contribution in [0.25, 0.3) is 0 Å². The summed E-state index contributed by atoms with van der Waals surface area (Å²) in [5.74, 6) is 0.189. The highest BCUT2D eigenvalue weighted by molar-refractivity contribution is 5.48. The fourth-order valence-corrected chi connectivity index (χ4v) is 1.61. The minimum Gasteiger partial charge on any atom is -0.485 e. The largest absolute Gasteiger partial charge is 0.485 e. The van der Waals surface area contributed by atoms with Gasteiger partial charge < -0.3 is 9.84 Å². The summed E-state index contributed by atoms with van der Waals surface area (Å²) in [6.07, 6.45) is 3.44. The van der Waals surface area contributed by atoms with Crippen LogP contribution >= 0.6 is 0 Å². The molecule has 0 fully saturated rings. The van der Waals surface area contributed by atoms with Crippen LogP contribution in [0, 0.1) is 10.1 Å². The molecule has 1 N–H and O–H groups in total. The highest BCUT2D eigenvalue weighted by Crippen LogP contribution is 2.27. The molecule has 7 nitrogen and oxygen atoms in total. The highest BCUT2D eigenvalue weighted by Gasteiger charge is 2.15. The lowest BCUT2D eigenvalue weighted by atomic mass is 10.2. The first-order valence-electron chi connectivity index (χ1n) is 5.69. The zero-order valence-electron chi connectivity index (χ0n) is 10.1. The molecule has 0 aliphatic rings. The van der Waals surface area contributed by atoms with E-state index in [1.807, 2.05) is 0 Å². The molecule has 2 rings (SSSR count). The Labute approximate surface area is 109 Å². The first-order chi connectivity index (χ1) is 9.20. The first-order valence-corrected chi connectivity index (χ1v) is 5.69. The van der Waals surface area contributed by atoms with Crippen LogP contribution in [0.2, 0.25) is 0 Å². The fourth-order valence-electron chi connectivity index (χ4n) is 1.61. The van der Waals surface area contributed by atoms with E-state index in [9.17, 15) is 10.1 Å². The van der Waals surface area contributed by atoms with Crippen LogP contribution in [0.5, 0.6) is 5.75 Å². The summed E-state index contributed by atoms with van der Waals surface area (Å²) in [6, 6.07) is 6.19. The Hall–Kier alpha value is -2.41. The van der Waals surface area contributed by atoms with Gasteiger partial charge in [-0.25, -0.2) is 0 Å². The number of rotatable bonds is 6. The Kier molecular flexibility index (Phi) is 4.09. The third-order valence-electron chi connectivity index (χ3n) is 2.54. The van der Waals surface area contributed by atoms with Gasteiger partial charge in [-0.2, -0.15) is 5.10 Å². The quantitative estimate of drug-likeness (QED) is 0.627. The fraction of sp³-hybridized carbons (Fsp3) is 0.250. The second kappa shape index (κ2) is 5.96. The maximum absolute atomic E-state index is 10.9. The van der Waals surface area contributed by atoms with Crippen molar-refractivity contribution in [3.63, 3.8) is 0 Å². The molecule has 0 saturated heterocycles. The lowest BCUT2D eigenvalue weighted by molar-refractivity contribution is -0.386. The molecule has 0 amide bonds. The van der Waals surface area contributed by atoms with Gasteiger partial charge in [0.05, 0.1) is 18.1 Å². The molecule has 2 aromatic rings. The topological polar surface area (TPSA) is 90.4 Å². The van der Waals surface area contributed by atoms with E-state index in [1.54, 1.807) is 29.2 Å². The van der Waals surface area contributed by atoms with Gasteiger partial charge in [0.1, 0.15) is 6.61 Å². The molecule has 7 heteroatoms. The van der Waals surface area contributed by atoms with Crippen molar-refractivity contribution < 1.29 is 14.8 Å². The van der Waals surface area contributed by atoms with E-state index < -0.39 is 4.92 Å². The Morgan fingerprint density at radius 2 is 2.32 bits per heavy atom. The van der Waals surface area contributed by atoms with Gasteiger partial charge in [0.2, 0.25) is 0 Å². The van der Waals surface area contributed by atoms with Crippen LogP contribution < -0.4 is 4.74 Å². The molecular weight excluding hydrogens is 250 g/mol. The number of aliphatic hydroxyl groups is 1. The molecule has 1 aromatic carbocycles. The Morgan fingerprint density at radius 1 is 1.47 bits per heavy atom. The molecule has 0 aliphatic carbocycles. The lowest BCUT2D eigenvalue weighted by Crippen LogP contribution is -2.09. The van der Waals surface area contributed by atoms with Crippen molar-refractivity contribution in [1.82, 2.24) is 9.78 Å². The van der Waals surface area contributed by atoms with Crippen LogP contribution in [0.4, 0.5) is 5.69 Å². The normalized spacial score (nSPS) is 10.4. The minimum atomic E-state index is -0.525. The van der Waals surface area contributed by atoms with Gasteiger partial charge in [-0.1, -0.05) is 6.07 Å². The summed E-state index contributed by atoms with van der Waals surface area (Å²) in [5.41, 5.74) is 0.332. The summed E-state index contributed by atoms with van der Waals surface area (Å²) >= 11 is 0. The summed E-state index contributed by atoms with van der Waals surface area (Å²) in [7, 11) is 0. The smallest absolute Gasteiger partial charge is 0.311 e. The van der Waals surface area contributed by atoms with Crippen LogP contribution in [0.1, 0.15) is 5.56 Å². The predicted molar refractivity (Wildman–Crippen MR) is 66.7 cm³/mol. The SMILES string of the molecule is O=[N+]([O-])c1cc(CO)ccc1OCCn1cccn1. The van der Waals surface area contributed by atoms with Crippen molar-refractivity contribution in [2.75, 3.05) is 6.61 Å². The lowest BCUT2D eigenvalue weighted by Gasteiger charge is -2.07. The molecule has 0 spiro atoms. The number of benzene rings is 1. The van der Waals surface area contributed by atoms with E-state index in [0.717, 1.165) is 0 Å². The van der Waals surface area contributed by atoms with Crippen molar-refractivity contribution in [2.24, 2.45) is 0 Å². The molecule has 0 radical (unpaired) electrons. The molecule has 100 valence electrons. The number of nitro groups is 1. The van der Waals surface area contributed by atoms with Gasteiger partial charge in [0, 0.05) is 18.5 Å². The molecule has 1 heterocycles. The maximum Gasteiger partial charge on any atom is 0.311 e. The van der Waals surface area contributed by atoms with Gasteiger partial charge in [0.15, 0.2) is 5.75 Å². The van der Waals surface area contributed by atoms with Crippen LogP contribution in [-0.2, 0) is 13.2 Å². The van der Waals surface area contributed by atoms with E-state index in [1.165, 1.54) is 12.1 Å². The number of hydrogen-bond acceptors (Lipinski definition) is 5.